The van der Waals surface area contributed by atoms with Crippen LogP contribution in [0.3, 0.4) is 0 Å². The Morgan fingerprint density at radius 2 is 1.48 bits per heavy atom. The zero-order chi connectivity index (χ0) is 19.2. The fourth-order valence-corrected chi connectivity index (χ4v) is 2.36. The Kier molecular flexibility index (Phi) is 4.75. The van der Waals surface area contributed by atoms with E-state index in [1.807, 2.05) is 0 Å². The quantitative estimate of drug-likeness (QED) is 0.822. The number of carbonyl (C=O) groups is 2. The van der Waals surface area contributed by atoms with Gasteiger partial charge >= 0.3 is 18.3 Å². The molecule has 1 saturated carbocycles. The lowest BCUT2D eigenvalue weighted by molar-refractivity contribution is -0.144. The number of carboxylic acids is 1. The highest BCUT2D eigenvalue weighted by Crippen LogP contribution is 2.37. The summed E-state index contributed by atoms with van der Waals surface area (Å²) in [6, 6.07) is -1.35. The summed E-state index contributed by atoms with van der Waals surface area (Å²) in [6.07, 6.45) is -9.29. The number of rotatable bonds is 4. The Balaban J connectivity index is 2.52. The minimum absolute atomic E-state index is 0.0845. The highest BCUT2D eigenvalue weighted by atomic mass is 19.4. The monoisotopic (exact) mass is 369 g/mol. The van der Waals surface area contributed by atoms with Crippen LogP contribution in [0.5, 0.6) is 0 Å². The molecule has 0 aliphatic heterocycles. The summed E-state index contributed by atoms with van der Waals surface area (Å²) in [4.78, 5) is 24.4. The lowest BCUT2D eigenvalue weighted by atomic mass is 10.0. The Morgan fingerprint density at radius 3 is 1.80 bits per heavy atom. The van der Waals surface area contributed by atoms with E-state index in [-0.39, 0.29) is 6.07 Å². The third-order valence-electron chi connectivity index (χ3n) is 3.78. The van der Waals surface area contributed by atoms with Gasteiger partial charge < -0.3 is 10.0 Å². The fourth-order valence-electron chi connectivity index (χ4n) is 2.36. The molecule has 10 heteroatoms. The summed E-state index contributed by atoms with van der Waals surface area (Å²) >= 11 is 0. The van der Waals surface area contributed by atoms with E-state index in [0.717, 1.165) is 11.8 Å². The molecule has 0 radical (unpaired) electrons. The van der Waals surface area contributed by atoms with Gasteiger partial charge in [0.05, 0.1) is 11.1 Å². The molecule has 2 rings (SSSR count). The molecule has 1 aliphatic carbocycles. The van der Waals surface area contributed by atoms with E-state index in [4.69, 9.17) is 5.11 Å². The first kappa shape index (κ1) is 19.1. The van der Waals surface area contributed by atoms with Crippen molar-refractivity contribution in [3.63, 3.8) is 0 Å². The molecule has 0 bridgehead atoms. The molecule has 0 heterocycles. The van der Waals surface area contributed by atoms with Crippen LogP contribution < -0.4 is 0 Å². The highest BCUT2D eigenvalue weighted by Gasteiger charge is 2.41. The van der Waals surface area contributed by atoms with Crippen molar-refractivity contribution in [1.82, 2.24) is 4.90 Å². The van der Waals surface area contributed by atoms with Crippen molar-refractivity contribution in [3.8, 4) is 0 Å². The van der Waals surface area contributed by atoms with Crippen LogP contribution in [0.4, 0.5) is 26.3 Å². The molecule has 4 nitrogen and oxygen atoms in total. The second-order valence-corrected chi connectivity index (χ2v) is 5.75. The summed E-state index contributed by atoms with van der Waals surface area (Å²) in [5.74, 6) is -2.57. The second kappa shape index (κ2) is 6.23. The predicted octanol–water partition coefficient (Wildman–Crippen LogP) is 3.80. The molecule has 1 aromatic carbocycles. The third kappa shape index (κ3) is 4.23. The van der Waals surface area contributed by atoms with Gasteiger partial charge in [0.1, 0.15) is 6.04 Å². The summed E-state index contributed by atoms with van der Waals surface area (Å²) in [7, 11) is 0. The smallest absolute Gasteiger partial charge is 0.416 e. The van der Waals surface area contributed by atoms with Crippen LogP contribution in [-0.2, 0) is 17.1 Å². The number of hydrogen-bond acceptors (Lipinski definition) is 2. The Hall–Kier alpha value is -2.26. The molecule has 1 aromatic rings. The molecule has 0 aromatic heterocycles. The molecule has 0 spiro atoms. The zero-order valence-electron chi connectivity index (χ0n) is 12.8. The average Bonchev–Trinajstić information content (AvgIpc) is 3.29. The lowest BCUT2D eigenvalue weighted by Gasteiger charge is -2.27. The average molecular weight is 369 g/mol. The van der Waals surface area contributed by atoms with Gasteiger partial charge in [0.15, 0.2) is 0 Å². The number of nitrogens with zero attached hydrogens (tertiary/aromatic N) is 1. The lowest BCUT2D eigenvalue weighted by Crippen LogP contribution is -2.44. The normalized spacial score (nSPS) is 16.4. The molecule has 1 N–H and O–H groups in total. The third-order valence-corrected chi connectivity index (χ3v) is 3.78. The van der Waals surface area contributed by atoms with Crippen molar-refractivity contribution in [2.24, 2.45) is 0 Å². The number of aliphatic carboxylic acids is 1. The van der Waals surface area contributed by atoms with Gasteiger partial charge in [0.2, 0.25) is 0 Å². The summed E-state index contributed by atoms with van der Waals surface area (Å²) in [5.41, 5.74) is -4.09. The molecular weight excluding hydrogens is 356 g/mol. The van der Waals surface area contributed by atoms with E-state index in [1.54, 1.807) is 0 Å². The minimum Gasteiger partial charge on any atom is -0.480 e. The molecule has 1 aliphatic rings. The van der Waals surface area contributed by atoms with Crippen LogP contribution in [-0.4, -0.2) is 34.0 Å². The number of carboxylic acid groups (broad SMARTS) is 1. The number of carbonyl (C=O) groups excluding carboxylic acids is 1. The molecular formula is C15H13F6NO3. The summed E-state index contributed by atoms with van der Waals surface area (Å²) < 4.78 is 77.2. The highest BCUT2D eigenvalue weighted by molar-refractivity contribution is 5.97. The fraction of sp³-hybridized carbons (Fsp3) is 0.467. The van der Waals surface area contributed by atoms with E-state index in [1.165, 1.54) is 0 Å². The van der Waals surface area contributed by atoms with Crippen LogP contribution in [0, 0.1) is 0 Å². The Bertz CT molecular complexity index is 661. The van der Waals surface area contributed by atoms with E-state index in [9.17, 15) is 35.9 Å². The van der Waals surface area contributed by atoms with Crippen LogP contribution in [0.15, 0.2) is 18.2 Å². The van der Waals surface area contributed by atoms with Gasteiger partial charge in [0, 0.05) is 11.6 Å². The number of benzene rings is 1. The summed E-state index contributed by atoms with van der Waals surface area (Å²) in [5, 5.41) is 9.04. The van der Waals surface area contributed by atoms with Gasteiger partial charge in [-0.25, -0.2) is 4.79 Å². The number of halogens is 6. The van der Waals surface area contributed by atoms with Gasteiger partial charge in [-0.2, -0.15) is 26.3 Å². The molecule has 1 fully saturated rings. The summed E-state index contributed by atoms with van der Waals surface area (Å²) in [6.45, 7) is 1.15. The van der Waals surface area contributed by atoms with Crippen LogP contribution in [0.1, 0.15) is 41.3 Å². The maximum absolute atomic E-state index is 12.9. The number of hydrogen-bond donors (Lipinski definition) is 1. The molecule has 138 valence electrons. The van der Waals surface area contributed by atoms with Gasteiger partial charge in [-0.05, 0) is 38.0 Å². The van der Waals surface area contributed by atoms with Crippen LogP contribution in [0.2, 0.25) is 0 Å². The minimum atomic E-state index is -5.08. The van der Waals surface area contributed by atoms with Crippen LogP contribution >= 0.6 is 0 Å². The van der Waals surface area contributed by atoms with Crippen molar-refractivity contribution >= 4 is 11.9 Å². The SMILES string of the molecule is CC(C(=O)O)N(C(=O)c1cc(C(F)(F)F)cc(C(F)(F)F)c1)C1CC1. The van der Waals surface area contributed by atoms with Crippen molar-refractivity contribution in [3.05, 3.63) is 34.9 Å². The molecule has 0 saturated heterocycles. The first-order valence-corrected chi connectivity index (χ1v) is 7.17. The van der Waals surface area contributed by atoms with E-state index in [0.29, 0.717) is 25.0 Å². The van der Waals surface area contributed by atoms with Gasteiger partial charge in [-0.15, -0.1) is 0 Å². The number of amides is 1. The van der Waals surface area contributed by atoms with Crippen molar-refractivity contribution < 1.29 is 41.0 Å². The standard InChI is InChI=1S/C15H13F6NO3/c1-7(13(24)25)22(11-2-3-11)12(23)8-4-9(14(16,17)18)6-10(5-8)15(19,20)21/h4-7,11H,2-3H2,1H3,(H,24,25). The Labute approximate surface area is 138 Å². The van der Waals surface area contributed by atoms with E-state index < -0.39 is 53.0 Å². The number of alkyl halides is 6. The van der Waals surface area contributed by atoms with E-state index in [2.05, 4.69) is 0 Å². The predicted molar refractivity (Wildman–Crippen MR) is 72.7 cm³/mol. The maximum atomic E-state index is 12.9. The Morgan fingerprint density at radius 1 is 1.04 bits per heavy atom. The first-order chi connectivity index (χ1) is 11.3. The van der Waals surface area contributed by atoms with Gasteiger partial charge in [0.25, 0.3) is 5.91 Å². The van der Waals surface area contributed by atoms with E-state index >= 15 is 0 Å². The maximum Gasteiger partial charge on any atom is 0.416 e. The van der Waals surface area contributed by atoms with Gasteiger partial charge in [-0.3, -0.25) is 4.79 Å². The first-order valence-electron chi connectivity index (χ1n) is 7.17. The second-order valence-electron chi connectivity index (χ2n) is 5.75. The van der Waals surface area contributed by atoms with Crippen molar-refractivity contribution in [2.75, 3.05) is 0 Å². The topological polar surface area (TPSA) is 57.6 Å². The van der Waals surface area contributed by atoms with Crippen molar-refractivity contribution in [2.45, 2.75) is 44.2 Å². The zero-order valence-corrected chi connectivity index (χ0v) is 12.8. The molecule has 1 atom stereocenters. The molecule has 1 amide bonds. The van der Waals surface area contributed by atoms with Gasteiger partial charge in [-0.1, -0.05) is 0 Å². The van der Waals surface area contributed by atoms with Crippen molar-refractivity contribution in [1.29, 1.82) is 0 Å². The largest absolute Gasteiger partial charge is 0.480 e. The molecule has 1 unspecified atom stereocenters. The van der Waals surface area contributed by atoms with Crippen LogP contribution in [0.25, 0.3) is 0 Å². The molecule has 25 heavy (non-hydrogen) atoms.